The van der Waals surface area contributed by atoms with Crippen molar-refractivity contribution in [2.24, 2.45) is 0 Å². The van der Waals surface area contributed by atoms with Crippen molar-refractivity contribution in [1.29, 1.82) is 0 Å². The Kier molecular flexibility index (Phi) is 3.99. The highest BCUT2D eigenvalue weighted by Gasteiger charge is 2.04. The second-order valence-electron chi connectivity index (χ2n) is 3.98. The molecule has 3 nitrogen and oxygen atoms in total. The molecule has 2 aromatic rings. The molecule has 0 atom stereocenters. The zero-order valence-electron chi connectivity index (χ0n) is 10.00. The summed E-state index contributed by atoms with van der Waals surface area (Å²) in [4.78, 5) is 11.4. The van der Waals surface area contributed by atoms with E-state index in [0.29, 0.717) is 0 Å². The van der Waals surface area contributed by atoms with Crippen molar-refractivity contribution in [3.8, 4) is 0 Å². The molecule has 0 bridgehead atoms. The fraction of sp³-hybridized carbons (Fsp3) is 0.143. The second kappa shape index (κ2) is 5.69. The van der Waals surface area contributed by atoms with E-state index in [9.17, 15) is 10.1 Å². The van der Waals surface area contributed by atoms with E-state index in [2.05, 4.69) is 19.1 Å². The van der Waals surface area contributed by atoms with E-state index in [1.54, 1.807) is 23.9 Å². The van der Waals surface area contributed by atoms with Crippen LogP contribution in [-0.4, -0.2) is 4.92 Å². The molecule has 4 heteroatoms. The van der Waals surface area contributed by atoms with Crippen LogP contribution in [0.25, 0.3) is 0 Å². The van der Waals surface area contributed by atoms with Gasteiger partial charge in [-0.05, 0) is 24.1 Å². The van der Waals surface area contributed by atoms with Crippen LogP contribution in [0.5, 0.6) is 0 Å². The van der Waals surface area contributed by atoms with Crippen LogP contribution in [0.2, 0.25) is 0 Å². The molecule has 0 spiro atoms. The van der Waals surface area contributed by atoms with Gasteiger partial charge in [0.2, 0.25) is 0 Å². The monoisotopic (exact) mass is 259 g/mol. The molecule has 0 aromatic heterocycles. The summed E-state index contributed by atoms with van der Waals surface area (Å²) >= 11 is 1.74. The Morgan fingerprint density at radius 3 is 2.39 bits per heavy atom. The summed E-state index contributed by atoms with van der Waals surface area (Å²) in [6, 6.07) is 14.9. The van der Waals surface area contributed by atoms with Crippen molar-refractivity contribution >= 4 is 17.4 Å². The summed E-state index contributed by atoms with van der Waals surface area (Å²) in [6.07, 6.45) is 0. The van der Waals surface area contributed by atoms with Crippen LogP contribution in [0.3, 0.4) is 0 Å². The Morgan fingerprint density at radius 2 is 1.78 bits per heavy atom. The van der Waals surface area contributed by atoms with Gasteiger partial charge in [-0.2, -0.15) is 0 Å². The molecule has 0 saturated carbocycles. The van der Waals surface area contributed by atoms with Crippen LogP contribution in [0, 0.1) is 17.0 Å². The predicted octanol–water partition coefficient (Wildman–Crippen LogP) is 4.20. The van der Waals surface area contributed by atoms with Crippen LogP contribution in [0.4, 0.5) is 5.69 Å². The Hall–Kier alpha value is -1.81. The molecule has 0 fully saturated rings. The van der Waals surface area contributed by atoms with E-state index in [4.69, 9.17) is 0 Å². The summed E-state index contributed by atoms with van der Waals surface area (Å²) in [6.45, 7) is 2.08. The quantitative estimate of drug-likeness (QED) is 0.469. The standard InChI is InChI=1S/C14H13NO2S/c1-11-4-2-3-5-14(11)18-10-12-6-8-13(9-7-12)15(16)17/h2-9H,10H2,1H3. The smallest absolute Gasteiger partial charge is 0.258 e. The molecule has 0 aliphatic carbocycles. The summed E-state index contributed by atoms with van der Waals surface area (Å²) in [5.74, 6) is 0.822. The zero-order chi connectivity index (χ0) is 13.0. The first-order valence-electron chi connectivity index (χ1n) is 5.58. The number of nitro groups is 1. The molecule has 0 N–H and O–H groups in total. The molecule has 0 aliphatic heterocycles. The number of aryl methyl sites for hydroxylation is 1. The van der Waals surface area contributed by atoms with Crippen molar-refractivity contribution in [3.63, 3.8) is 0 Å². The molecular formula is C14H13NO2S. The van der Waals surface area contributed by atoms with Crippen LogP contribution in [0.15, 0.2) is 53.4 Å². The third kappa shape index (κ3) is 3.11. The number of rotatable bonds is 4. The van der Waals surface area contributed by atoms with Crippen molar-refractivity contribution < 1.29 is 4.92 Å². The van der Waals surface area contributed by atoms with Gasteiger partial charge in [-0.25, -0.2) is 0 Å². The lowest BCUT2D eigenvalue weighted by Crippen LogP contribution is -1.88. The van der Waals surface area contributed by atoms with Gasteiger partial charge >= 0.3 is 0 Å². The average Bonchev–Trinajstić information content (AvgIpc) is 2.38. The molecule has 0 heterocycles. The maximum Gasteiger partial charge on any atom is 0.269 e. The number of nitro benzene ring substituents is 1. The van der Waals surface area contributed by atoms with Gasteiger partial charge in [-0.15, -0.1) is 11.8 Å². The SMILES string of the molecule is Cc1ccccc1SCc1ccc([N+](=O)[O-])cc1. The molecule has 0 unspecified atom stereocenters. The maximum absolute atomic E-state index is 10.5. The van der Waals surface area contributed by atoms with Gasteiger partial charge in [0.05, 0.1) is 4.92 Å². The van der Waals surface area contributed by atoms with Crippen LogP contribution in [0.1, 0.15) is 11.1 Å². The highest BCUT2D eigenvalue weighted by Crippen LogP contribution is 2.26. The maximum atomic E-state index is 10.5. The van der Waals surface area contributed by atoms with E-state index >= 15 is 0 Å². The lowest BCUT2D eigenvalue weighted by Gasteiger charge is -2.05. The third-order valence-corrected chi connectivity index (χ3v) is 3.88. The van der Waals surface area contributed by atoms with E-state index in [-0.39, 0.29) is 10.6 Å². The first-order valence-corrected chi connectivity index (χ1v) is 6.57. The number of hydrogen-bond donors (Lipinski definition) is 0. The van der Waals surface area contributed by atoms with Gasteiger partial charge in [0.15, 0.2) is 0 Å². The Morgan fingerprint density at radius 1 is 1.11 bits per heavy atom. The van der Waals surface area contributed by atoms with Crippen molar-refractivity contribution in [2.75, 3.05) is 0 Å². The Labute approximate surface area is 110 Å². The lowest BCUT2D eigenvalue weighted by atomic mass is 10.2. The highest BCUT2D eigenvalue weighted by molar-refractivity contribution is 7.98. The number of thioether (sulfide) groups is 1. The number of nitrogens with zero attached hydrogens (tertiary/aromatic N) is 1. The molecule has 0 aliphatic rings. The molecule has 0 radical (unpaired) electrons. The van der Waals surface area contributed by atoms with E-state index in [0.717, 1.165) is 11.3 Å². The van der Waals surface area contributed by atoms with Gasteiger partial charge < -0.3 is 0 Å². The molecular weight excluding hydrogens is 246 g/mol. The first kappa shape index (κ1) is 12.6. The minimum Gasteiger partial charge on any atom is -0.258 e. The lowest BCUT2D eigenvalue weighted by molar-refractivity contribution is -0.384. The molecule has 0 amide bonds. The highest BCUT2D eigenvalue weighted by atomic mass is 32.2. The van der Waals surface area contributed by atoms with Gasteiger partial charge in [0.1, 0.15) is 0 Å². The fourth-order valence-corrected chi connectivity index (χ4v) is 2.58. The summed E-state index contributed by atoms with van der Waals surface area (Å²) in [7, 11) is 0. The molecule has 2 aromatic carbocycles. The minimum atomic E-state index is -0.377. The Balaban J connectivity index is 2.02. The summed E-state index contributed by atoms with van der Waals surface area (Å²) in [5.41, 5.74) is 2.48. The van der Waals surface area contributed by atoms with E-state index in [1.165, 1.54) is 10.5 Å². The van der Waals surface area contributed by atoms with Crippen LogP contribution < -0.4 is 0 Å². The molecule has 0 saturated heterocycles. The predicted molar refractivity (Wildman–Crippen MR) is 73.8 cm³/mol. The van der Waals surface area contributed by atoms with Gasteiger partial charge in [0, 0.05) is 22.8 Å². The molecule has 2 rings (SSSR count). The van der Waals surface area contributed by atoms with Crippen molar-refractivity contribution in [2.45, 2.75) is 17.6 Å². The molecule has 92 valence electrons. The number of non-ortho nitro benzene ring substituents is 1. The van der Waals surface area contributed by atoms with Gasteiger partial charge in [-0.3, -0.25) is 10.1 Å². The van der Waals surface area contributed by atoms with Crippen LogP contribution >= 0.6 is 11.8 Å². The first-order chi connectivity index (χ1) is 8.66. The average molecular weight is 259 g/mol. The number of hydrogen-bond acceptors (Lipinski definition) is 3. The summed E-state index contributed by atoms with van der Waals surface area (Å²) in [5, 5.41) is 10.5. The zero-order valence-corrected chi connectivity index (χ0v) is 10.8. The van der Waals surface area contributed by atoms with Gasteiger partial charge in [0.25, 0.3) is 5.69 Å². The van der Waals surface area contributed by atoms with Gasteiger partial charge in [-0.1, -0.05) is 30.3 Å². The van der Waals surface area contributed by atoms with Crippen molar-refractivity contribution in [3.05, 3.63) is 69.8 Å². The third-order valence-electron chi connectivity index (χ3n) is 2.64. The normalized spacial score (nSPS) is 10.3. The number of benzene rings is 2. The minimum absolute atomic E-state index is 0.139. The molecule has 18 heavy (non-hydrogen) atoms. The van der Waals surface area contributed by atoms with Crippen LogP contribution in [-0.2, 0) is 5.75 Å². The topological polar surface area (TPSA) is 43.1 Å². The summed E-state index contributed by atoms with van der Waals surface area (Å²) < 4.78 is 0. The second-order valence-corrected chi connectivity index (χ2v) is 4.99. The van der Waals surface area contributed by atoms with Crippen molar-refractivity contribution in [1.82, 2.24) is 0 Å². The van der Waals surface area contributed by atoms with E-state index in [1.807, 2.05) is 24.3 Å². The Bertz CT molecular complexity index is 552. The largest absolute Gasteiger partial charge is 0.269 e. The van der Waals surface area contributed by atoms with E-state index < -0.39 is 0 Å². The fourth-order valence-electron chi connectivity index (χ4n) is 1.59.